The number of piperidine rings is 1. The predicted octanol–water partition coefficient (Wildman–Crippen LogP) is 1.60. The van der Waals surface area contributed by atoms with Crippen molar-refractivity contribution in [2.45, 2.75) is 19.4 Å². The molecule has 1 saturated heterocycles. The fourth-order valence-electron chi connectivity index (χ4n) is 2.71. The molecular formula is C16H22BrN3O2. The second-order valence-electron chi connectivity index (χ2n) is 5.82. The average molecular weight is 368 g/mol. The first-order valence-electron chi connectivity index (χ1n) is 7.46. The SMILES string of the molecule is CN(Cc1ccccc1Br)C(=O)CN1CCCC(C(N)=O)C1. The number of amides is 2. The highest BCUT2D eigenvalue weighted by Gasteiger charge is 2.25. The van der Waals surface area contributed by atoms with E-state index < -0.39 is 0 Å². The standard InChI is InChI=1S/C16H22BrN3O2/c1-19(9-12-5-2-3-7-14(12)17)15(21)11-20-8-4-6-13(10-20)16(18)22/h2-3,5,7,13H,4,6,8-11H2,1H3,(H2,18,22). The minimum absolute atomic E-state index is 0.0564. The lowest BCUT2D eigenvalue weighted by Gasteiger charge is -2.31. The van der Waals surface area contributed by atoms with Gasteiger partial charge in [-0.15, -0.1) is 0 Å². The number of benzene rings is 1. The van der Waals surface area contributed by atoms with Crippen molar-refractivity contribution < 1.29 is 9.59 Å². The lowest BCUT2D eigenvalue weighted by molar-refractivity contribution is -0.133. The normalized spacial score (nSPS) is 18.9. The molecule has 1 aliphatic heterocycles. The van der Waals surface area contributed by atoms with Crippen LogP contribution in [0.15, 0.2) is 28.7 Å². The van der Waals surface area contributed by atoms with E-state index in [-0.39, 0.29) is 17.7 Å². The van der Waals surface area contributed by atoms with Gasteiger partial charge in [0.2, 0.25) is 11.8 Å². The molecule has 1 heterocycles. The Kier molecular flexibility index (Phi) is 5.97. The number of nitrogens with two attached hydrogens (primary N) is 1. The van der Waals surface area contributed by atoms with Gasteiger partial charge in [-0.2, -0.15) is 0 Å². The van der Waals surface area contributed by atoms with Gasteiger partial charge >= 0.3 is 0 Å². The van der Waals surface area contributed by atoms with Gasteiger partial charge in [0.05, 0.1) is 12.5 Å². The molecule has 22 heavy (non-hydrogen) atoms. The Morgan fingerprint density at radius 1 is 1.41 bits per heavy atom. The Balaban J connectivity index is 1.88. The molecule has 5 nitrogen and oxygen atoms in total. The number of primary amides is 1. The Labute approximate surface area is 139 Å². The third-order valence-corrected chi connectivity index (χ3v) is 4.83. The molecule has 0 saturated carbocycles. The number of rotatable bonds is 5. The van der Waals surface area contributed by atoms with Crippen molar-refractivity contribution in [1.29, 1.82) is 0 Å². The summed E-state index contributed by atoms with van der Waals surface area (Å²) in [6, 6.07) is 7.88. The van der Waals surface area contributed by atoms with Crippen molar-refractivity contribution in [3.8, 4) is 0 Å². The number of likely N-dealkylation sites (N-methyl/N-ethyl adjacent to an activating group) is 1. The van der Waals surface area contributed by atoms with Crippen LogP contribution in [-0.2, 0) is 16.1 Å². The Bertz CT molecular complexity index is 550. The predicted molar refractivity (Wildman–Crippen MR) is 89.0 cm³/mol. The van der Waals surface area contributed by atoms with Gasteiger partial charge in [-0.05, 0) is 31.0 Å². The second-order valence-corrected chi connectivity index (χ2v) is 6.67. The van der Waals surface area contributed by atoms with E-state index in [1.807, 2.05) is 29.2 Å². The Morgan fingerprint density at radius 3 is 2.82 bits per heavy atom. The fourth-order valence-corrected chi connectivity index (χ4v) is 3.12. The zero-order chi connectivity index (χ0) is 16.1. The van der Waals surface area contributed by atoms with E-state index in [1.54, 1.807) is 11.9 Å². The molecule has 2 rings (SSSR count). The zero-order valence-electron chi connectivity index (χ0n) is 12.8. The van der Waals surface area contributed by atoms with Crippen molar-refractivity contribution in [2.24, 2.45) is 11.7 Å². The molecule has 1 unspecified atom stereocenters. The van der Waals surface area contributed by atoms with Crippen LogP contribution in [0.4, 0.5) is 0 Å². The molecule has 1 fully saturated rings. The van der Waals surface area contributed by atoms with Crippen LogP contribution in [0, 0.1) is 5.92 Å². The van der Waals surface area contributed by atoms with E-state index in [0.29, 0.717) is 19.6 Å². The van der Waals surface area contributed by atoms with Crippen LogP contribution in [0.5, 0.6) is 0 Å². The van der Waals surface area contributed by atoms with Crippen molar-refractivity contribution in [3.63, 3.8) is 0 Å². The summed E-state index contributed by atoms with van der Waals surface area (Å²) in [4.78, 5) is 27.4. The van der Waals surface area contributed by atoms with Crippen LogP contribution < -0.4 is 5.73 Å². The summed E-state index contributed by atoms with van der Waals surface area (Å²) in [5.41, 5.74) is 6.45. The Morgan fingerprint density at radius 2 is 2.14 bits per heavy atom. The lowest BCUT2D eigenvalue weighted by atomic mass is 9.97. The number of nitrogens with zero attached hydrogens (tertiary/aromatic N) is 2. The van der Waals surface area contributed by atoms with Crippen molar-refractivity contribution in [2.75, 3.05) is 26.7 Å². The quantitative estimate of drug-likeness (QED) is 0.859. The van der Waals surface area contributed by atoms with Crippen LogP contribution >= 0.6 is 15.9 Å². The molecule has 2 amide bonds. The second kappa shape index (κ2) is 7.74. The van der Waals surface area contributed by atoms with E-state index in [1.165, 1.54) is 0 Å². The highest BCUT2D eigenvalue weighted by molar-refractivity contribution is 9.10. The van der Waals surface area contributed by atoms with Crippen molar-refractivity contribution in [3.05, 3.63) is 34.3 Å². The molecule has 1 aliphatic rings. The topological polar surface area (TPSA) is 66.6 Å². The summed E-state index contributed by atoms with van der Waals surface area (Å²) in [5.74, 6) is -0.338. The average Bonchev–Trinajstić information content (AvgIpc) is 2.49. The largest absolute Gasteiger partial charge is 0.369 e. The van der Waals surface area contributed by atoms with Gasteiger partial charge in [0.25, 0.3) is 0 Å². The first kappa shape index (κ1) is 17.0. The minimum Gasteiger partial charge on any atom is -0.369 e. The maximum Gasteiger partial charge on any atom is 0.236 e. The van der Waals surface area contributed by atoms with Gasteiger partial charge in [-0.3, -0.25) is 14.5 Å². The van der Waals surface area contributed by atoms with Crippen LogP contribution in [0.3, 0.4) is 0 Å². The summed E-state index contributed by atoms with van der Waals surface area (Å²) in [5, 5.41) is 0. The summed E-state index contributed by atoms with van der Waals surface area (Å²) in [6.07, 6.45) is 1.74. The van der Waals surface area contributed by atoms with Gasteiger partial charge in [-0.25, -0.2) is 0 Å². The molecular weight excluding hydrogens is 346 g/mol. The van der Waals surface area contributed by atoms with E-state index in [4.69, 9.17) is 5.73 Å². The molecule has 0 aromatic heterocycles. The molecule has 0 bridgehead atoms. The van der Waals surface area contributed by atoms with Gasteiger partial charge < -0.3 is 10.6 Å². The lowest BCUT2D eigenvalue weighted by Crippen LogP contribution is -2.45. The molecule has 0 aliphatic carbocycles. The first-order valence-corrected chi connectivity index (χ1v) is 8.25. The number of carbonyl (C=O) groups excluding carboxylic acids is 2. The fraction of sp³-hybridized carbons (Fsp3) is 0.500. The first-order chi connectivity index (χ1) is 10.5. The number of hydrogen-bond donors (Lipinski definition) is 1. The molecule has 120 valence electrons. The minimum atomic E-state index is -0.265. The molecule has 1 atom stereocenters. The van der Waals surface area contributed by atoms with E-state index in [9.17, 15) is 9.59 Å². The summed E-state index contributed by atoms with van der Waals surface area (Å²) in [7, 11) is 1.80. The molecule has 0 spiro atoms. The number of halogens is 1. The maximum absolute atomic E-state index is 12.4. The van der Waals surface area contributed by atoms with Gasteiger partial charge in [0.1, 0.15) is 0 Å². The highest BCUT2D eigenvalue weighted by Crippen LogP contribution is 2.18. The number of hydrogen-bond acceptors (Lipinski definition) is 3. The zero-order valence-corrected chi connectivity index (χ0v) is 14.4. The monoisotopic (exact) mass is 367 g/mol. The Hall–Kier alpha value is -1.40. The number of likely N-dealkylation sites (tertiary alicyclic amines) is 1. The number of carbonyl (C=O) groups is 2. The molecule has 2 N–H and O–H groups in total. The highest BCUT2D eigenvalue weighted by atomic mass is 79.9. The van der Waals surface area contributed by atoms with Gasteiger partial charge in [0.15, 0.2) is 0 Å². The van der Waals surface area contributed by atoms with Gasteiger partial charge in [0, 0.05) is 24.6 Å². The van der Waals surface area contributed by atoms with Crippen LogP contribution in [0.25, 0.3) is 0 Å². The van der Waals surface area contributed by atoms with Crippen molar-refractivity contribution in [1.82, 2.24) is 9.80 Å². The van der Waals surface area contributed by atoms with E-state index in [2.05, 4.69) is 15.9 Å². The van der Waals surface area contributed by atoms with Crippen LogP contribution in [0.1, 0.15) is 18.4 Å². The molecule has 1 aromatic carbocycles. The molecule has 1 aromatic rings. The van der Waals surface area contributed by atoms with Gasteiger partial charge in [-0.1, -0.05) is 34.1 Å². The molecule has 0 radical (unpaired) electrons. The van der Waals surface area contributed by atoms with Crippen LogP contribution in [0.2, 0.25) is 0 Å². The summed E-state index contributed by atoms with van der Waals surface area (Å²) < 4.78 is 1.00. The smallest absolute Gasteiger partial charge is 0.236 e. The third-order valence-electron chi connectivity index (χ3n) is 4.06. The maximum atomic E-state index is 12.4. The van der Waals surface area contributed by atoms with Crippen LogP contribution in [-0.4, -0.2) is 48.3 Å². The summed E-state index contributed by atoms with van der Waals surface area (Å²) in [6.45, 7) is 2.33. The molecule has 6 heteroatoms. The van der Waals surface area contributed by atoms with E-state index >= 15 is 0 Å². The third kappa shape index (κ3) is 4.55. The van der Waals surface area contributed by atoms with E-state index in [0.717, 1.165) is 29.4 Å². The van der Waals surface area contributed by atoms with Crippen molar-refractivity contribution >= 4 is 27.7 Å². The summed E-state index contributed by atoms with van der Waals surface area (Å²) >= 11 is 3.50.